The molecular formula is C21H24N2O2. The molecule has 1 N–H and O–H groups in total. The summed E-state index contributed by atoms with van der Waals surface area (Å²) in [6.07, 6.45) is 2.61. The van der Waals surface area contributed by atoms with Crippen LogP contribution < -0.4 is 10.1 Å². The van der Waals surface area contributed by atoms with Gasteiger partial charge in [0.15, 0.2) is 0 Å². The fourth-order valence-electron chi connectivity index (χ4n) is 4.00. The van der Waals surface area contributed by atoms with Crippen LogP contribution in [-0.2, 0) is 4.79 Å². The highest BCUT2D eigenvalue weighted by molar-refractivity contribution is 5.83. The van der Waals surface area contributed by atoms with Gasteiger partial charge in [0, 0.05) is 24.2 Å². The van der Waals surface area contributed by atoms with Gasteiger partial charge in [-0.25, -0.2) is 0 Å². The predicted molar refractivity (Wildman–Crippen MR) is 97.4 cm³/mol. The highest BCUT2D eigenvalue weighted by Gasteiger charge is 2.41. The van der Waals surface area contributed by atoms with E-state index in [0.717, 1.165) is 43.7 Å². The predicted octanol–water partition coefficient (Wildman–Crippen LogP) is 3.16. The van der Waals surface area contributed by atoms with Gasteiger partial charge in [-0.2, -0.15) is 0 Å². The van der Waals surface area contributed by atoms with Gasteiger partial charge in [0.25, 0.3) is 5.91 Å². The minimum atomic E-state index is -0.593. The second-order valence-electron chi connectivity index (χ2n) is 6.84. The highest BCUT2D eigenvalue weighted by atomic mass is 16.5. The molecule has 0 aliphatic carbocycles. The van der Waals surface area contributed by atoms with Crippen LogP contribution in [0.5, 0.6) is 5.75 Å². The number of para-hydroxylation sites is 1. The van der Waals surface area contributed by atoms with E-state index in [1.165, 1.54) is 0 Å². The number of ether oxygens (including phenoxy) is 1. The first-order valence-corrected chi connectivity index (χ1v) is 9.12. The number of fused-ring (bicyclic) bond motifs is 2. The van der Waals surface area contributed by atoms with Gasteiger partial charge in [-0.1, -0.05) is 48.5 Å². The quantitative estimate of drug-likeness (QED) is 0.932. The molecule has 25 heavy (non-hydrogen) atoms. The van der Waals surface area contributed by atoms with Gasteiger partial charge in [0.05, 0.1) is 0 Å². The first-order chi connectivity index (χ1) is 12.3. The zero-order valence-electron chi connectivity index (χ0n) is 14.3. The molecule has 3 unspecified atom stereocenters. The van der Waals surface area contributed by atoms with Crippen LogP contribution in [0.15, 0.2) is 60.7 Å². The summed E-state index contributed by atoms with van der Waals surface area (Å²) in [5.41, 5.74) is 0.910. The molecular weight excluding hydrogens is 312 g/mol. The smallest absolute Gasteiger partial charge is 0.268 e. The fourth-order valence-corrected chi connectivity index (χ4v) is 4.00. The average Bonchev–Trinajstić information content (AvgIpc) is 2.93. The molecule has 0 aromatic heterocycles. The molecule has 0 saturated carbocycles. The molecule has 2 fully saturated rings. The summed E-state index contributed by atoms with van der Waals surface area (Å²) in [7, 11) is 0. The Balaban J connectivity index is 1.64. The molecule has 3 atom stereocenters. The number of rotatable bonds is 4. The average molecular weight is 336 g/mol. The zero-order chi connectivity index (χ0) is 17.1. The molecule has 1 amide bonds. The van der Waals surface area contributed by atoms with E-state index in [1.54, 1.807) is 0 Å². The van der Waals surface area contributed by atoms with Gasteiger partial charge in [0.1, 0.15) is 5.75 Å². The summed E-state index contributed by atoms with van der Waals surface area (Å²) in [6, 6.07) is 20.1. The first-order valence-electron chi connectivity index (χ1n) is 9.12. The minimum Gasteiger partial charge on any atom is -0.476 e. The van der Waals surface area contributed by atoms with Gasteiger partial charge in [-0.05, 0) is 37.9 Å². The topological polar surface area (TPSA) is 41.6 Å². The Morgan fingerprint density at radius 2 is 1.64 bits per heavy atom. The molecule has 2 aromatic rings. The Morgan fingerprint density at radius 3 is 2.40 bits per heavy atom. The summed E-state index contributed by atoms with van der Waals surface area (Å²) in [6.45, 7) is 1.87. The van der Waals surface area contributed by atoms with Crippen LogP contribution in [0, 0.1) is 0 Å². The van der Waals surface area contributed by atoms with E-state index in [1.807, 2.05) is 60.7 Å². The number of nitrogens with one attached hydrogen (secondary N) is 1. The van der Waals surface area contributed by atoms with Crippen molar-refractivity contribution in [1.82, 2.24) is 10.2 Å². The summed E-state index contributed by atoms with van der Waals surface area (Å²) in [5.74, 6) is 0.816. The Labute approximate surface area is 148 Å². The lowest BCUT2D eigenvalue weighted by molar-refractivity contribution is -0.141. The molecule has 2 saturated heterocycles. The lowest BCUT2D eigenvalue weighted by Crippen LogP contribution is -2.46. The van der Waals surface area contributed by atoms with Crippen molar-refractivity contribution < 1.29 is 9.53 Å². The number of carbonyl (C=O) groups excluding carboxylic acids is 1. The van der Waals surface area contributed by atoms with Gasteiger partial charge in [-0.3, -0.25) is 4.79 Å². The lowest BCUT2D eigenvalue weighted by Gasteiger charge is -2.32. The third-order valence-corrected chi connectivity index (χ3v) is 5.23. The number of carbonyl (C=O) groups is 1. The van der Waals surface area contributed by atoms with E-state index in [4.69, 9.17) is 4.74 Å². The molecule has 0 spiro atoms. The third kappa shape index (κ3) is 3.40. The van der Waals surface area contributed by atoms with Gasteiger partial charge in [-0.15, -0.1) is 0 Å². The second-order valence-corrected chi connectivity index (χ2v) is 6.84. The molecule has 130 valence electrons. The molecule has 2 aromatic carbocycles. The van der Waals surface area contributed by atoms with Crippen molar-refractivity contribution in [2.45, 2.75) is 37.5 Å². The van der Waals surface area contributed by atoms with Crippen LogP contribution in [0.4, 0.5) is 0 Å². The van der Waals surface area contributed by atoms with Crippen molar-refractivity contribution in [2.24, 2.45) is 0 Å². The van der Waals surface area contributed by atoms with Crippen LogP contribution in [0.25, 0.3) is 0 Å². The largest absolute Gasteiger partial charge is 0.476 e. The molecule has 2 aliphatic rings. The Kier molecular flexibility index (Phi) is 4.70. The van der Waals surface area contributed by atoms with Gasteiger partial charge in [0.2, 0.25) is 6.10 Å². The van der Waals surface area contributed by atoms with Crippen molar-refractivity contribution in [2.75, 3.05) is 13.1 Å². The summed E-state index contributed by atoms with van der Waals surface area (Å²) in [5, 5.41) is 3.46. The Hall–Kier alpha value is -2.33. The van der Waals surface area contributed by atoms with Crippen LogP contribution in [0.1, 0.15) is 30.9 Å². The molecule has 0 radical (unpaired) electrons. The van der Waals surface area contributed by atoms with E-state index in [9.17, 15) is 4.79 Å². The maximum absolute atomic E-state index is 13.5. The number of nitrogens with zero attached hydrogens (tertiary/aromatic N) is 1. The normalized spacial score (nSPS) is 23.8. The highest BCUT2D eigenvalue weighted by Crippen LogP contribution is 2.33. The molecule has 2 aliphatic heterocycles. The number of hydrogen-bond donors (Lipinski definition) is 1. The Bertz CT molecular complexity index is 690. The van der Waals surface area contributed by atoms with E-state index < -0.39 is 6.10 Å². The molecule has 2 bridgehead atoms. The lowest BCUT2D eigenvalue weighted by atomic mass is 10.1. The van der Waals surface area contributed by atoms with E-state index >= 15 is 0 Å². The molecule has 2 heterocycles. The number of amides is 1. The van der Waals surface area contributed by atoms with Crippen LogP contribution in [0.3, 0.4) is 0 Å². The van der Waals surface area contributed by atoms with Crippen LogP contribution in [0.2, 0.25) is 0 Å². The Morgan fingerprint density at radius 1 is 0.960 bits per heavy atom. The monoisotopic (exact) mass is 336 g/mol. The second kappa shape index (κ2) is 7.28. The zero-order valence-corrected chi connectivity index (χ0v) is 14.3. The van der Waals surface area contributed by atoms with Crippen molar-refractivity contribution >= 4 is 5.91 Å². The summed E-state index contributed by atoms with van der Waals surface area (Å²) < 4.78 is 6.17. The van der Waals surface area contributed by atoms with Gasteiger partial charge >= 0.3 is 0 Å². The van der Waals surface area contributed by atoms with Crippen molar-refractivity contribution in [3.8, 4) is 5.75 Å². The minimum absolute atomic E-state index is 0.0891. The van der Waals surface area contributed by atoms with Crippen molar-refractivity contribution in [3.05, 3.63) is 66.2 Å². The molecule has 4 nitrogen and oxygen atoms in total. The number of benzene rings is 2. The number of hydrogen-bond acceptors (Lipinski definition) is 3. The molecule has 4 heteroatoms. The maximum Gasteiger partial charge on any atom is 0.268 e. The van der Waals surface area contributed by atoms with Crippen LogP contribution in [-0.4, -0.2) is 36.0 Å². The SMILES string of the molecule is O=C(C(Oc1ccccc1)c1ccccc1)N1C2CCNCC1CC2. The fraction of sp³-hybridized carbons (Fsp3) is 0.381. The summed E-state index contributed by atoms with van der Waals surface area (Å²) >= 11 is 0. The van der Waals surface area contributed by atoms with E-state index in [0.29, 0.717) is 6.04 Å². The van der Waals surface area contributed by atoms with Gasteiger partial charge < -0.3 is 15.0 Å². The van der Waals surface area contributed by atoms with E-state index in [-0.39, 0.29) is 11.9 Å². The first kappa shape index (κ1) is 16.2. The third-order valence-electron chi connectivity index (χ3n) is 5.23. The molecule has 4 rings (SSSR count). The van der Waals surface area contributed by atoms with E-state index in [2.05, 4.69) is 10.2 Å². The van der Waals surface area contributed by atoms with Crippen molar-refractivity contribution in [3.63, 3.8) is 0 Å². The van der Waals surface area contributed by atoms with Crippen LogP contribution >= 0.6 is 0 Å². The van der Waals surface area contributed by atoms with Crippen molar-refractivity contribution in [1.29, 1.82) is 0 Å². The summed E-state index contributed by atoms with van der Waals surface area (Å²) in [4.78, 5) is 15.6. The maximum atomic E-state index is 13.5. The standard InChI is InChI=1S/C21H24N2O2/c24-21(23-17-11-12-18(23)15-22-14-13-17)20(16-7-3-1-4-8-16)25-19-9-5-2-6-10-19/h1-10,17-18,20,22H,11-15H2.